The topological polar surface area (TPSA) is 29.5 Å². The van der Waals surface area contributed by atoms with E-state index in [2.05, 4.69) is 22.9 Å². The van der Waals surface area contributed by atoms with Gasteiger partial charge >= 0.3 is 0 Å². The quantitative estimate of drug-likeness (QED) is 0.857. The average Bonchev–Trinajstić information content (AvgIpc) is 2.86. The summed E-state index contributed by atoms with van der Waals surface area (Å²) in [5.41, 5.74) is 0.722. The van der Waals surface area contributed by atoms with E-state index in [0.717, 1.165) is 41.7 Å². The molecule has 4 heteroatoms. The van der Waals surface area contributed by atoms with Gasteiger partial charge < -0.3 is 9.64 Å². The summed E-state index contributed by atoms with van der Waals surface area (Å²) in [5.74, 6) is 1.53. The number of likely N-dealkylation sites (tertiary alicyclic amines) is 1. The third-order valence-electron chi connectivity index (χ3n) is 3.55. The number of methoxy groups -OCH3 is 1. The van der Waals surface area contributed by atoms with Gasteiger partial charge in [0, 0.05) is 18.7 Å². The van der Waals surface area contributed by atoms with E-state index in [1.807, 2.05) is 23.1 Å². The van der Waals surface area contributed by atoms with Crippen LogP contribution >= 0.6 is 15.9 Å². The van der Waals surface area contributed by atoms with Crippen LogP contribution in [0.15, 0.2) is 22.7 Å². The minimum Gasteiger partial charge on any atom is -0.496 e. The molecule has 1 atom stereocenters. The Morgan fingerprint density at radius 2 is 2.33 bits per heavy atom. The summed E-state index contributed by atoms with van der Waals surface area (Å²) in [4.78, 5) is 14.3. The molecule has 0 saturated carbocycles. The monoisotopic (exact) mass is 311 g/mol. The summed E-state index contributed by atoms with van der Waals surface area (Å²) >= 11 is 3.41. The van der Waals surface area contributed by atoms with Crippen molar-refractivity contribution in [1.29, 1.82) is 0 Å². The Bertz CT molecular complexity index is 447. The molecule has 0 N–H and O–H groups in total. The first kappa shape index (κ1) is 13.4. The zero-order valence-corrected chi connectivity index (χ0v) is 12.4. The molecule has 0 radical (unpaired) electrons. The van der Waals surface area contributed by atoms with Gasteiger partial charge in [-0.15, -0.1) is 0 Å². The Labute approximate surface area is 116 Å². The minimum absolute atomic E-state index is 0.120. The lowest BCUT2D eigenvalue weighted by Crippen LogP contribution is -2.28. The van der Waals surface area contributed by atoms with Gasteiger partial charge in [0.05, 0.1) is 11.6 Å². The number of benzene rings is 1. The van der Waals surface area contributed by atoms with Gasteiger partial charge in [0.25, 0.3) is 5.91 Å². The summed E-state index contributed by atoms with van der Waals surface area (Å²) in [6.07, 6.45) is 2.27. The molecule has 1 aliphatic rings. The second-order valence-corrected chi connectivity index (χ2v) is 5.52. The van der Waals surface area contributed by atoms with Crippen molar-refractivity contribution in [3.8, 4) is 5.75 Å². The van der Waals surface area contributed by atoms with Gasteiger partial charge in [-0.1, -0.05) is 13.3 Å². The standard InChI is InChI=1S/C14H18BrNO2/c1-3-10-6-7-16(9-10)14(17)11-4-5-13(18-2)12(15)8-11/h4-5,8,10H,3,6-7,9H2,1-2H3. The molecule has 0 bridgehead atoms. The van der Waals surface area contributed by atoms with Gasteiger partial charge in [-0.05, 0) is 46.5 Å². The van der Waals surface area contributed by atoms with Gasteiger partial charge in [-0.25, -0.2) is 0 Å². The molecule has 1 aliphatic heterocycles. The lowest BCUT2D eigenvalue weighted by molar-refractivity contribution is 0.0787. The fraction of sp³-hybridized carbons (Fsp3) is 0.500. The second-order valence-electron chi connectivity index (χ2n) is 4.66. The molecule has 1 saturated heterocycles. The number of rotatable bonds is 3. The molecule has 0 spiro atoms. The zero-order valence-electron chi connectivity index (χ0n) is 10.8. The summed E-state index contributed by atoms with van der Waals surface area (Å²) in [6, 6.07) is 5.48. The fourth-order valence-corrected chi connectivity index (χ4v) is 2.87. The number of carbonyl (C=O) groups excluding carboxylic acids is 1. The van der Waals surface area contributed by atoms with Crippen LogP contribution in [0, 0.1) is 5.92 Å². The fourth-order valence-electron chi connectivity index (χ4n) is 2.33. The molecule has 1 fully saturated rings. The smallest absolute Gasteiger partial charge is 0.253 e. The van der Waals surface area contributed by atoms with Crippen LogP contribution in [0.1, 0.15) is 30.1 Å². The van der Waals surface area contributed by atoms with Gasteiger partial charge in [-0.3, -0.25) is 4.79 Å². The highest BCUT2D eigenvalue weighted by Gasteiger charge is 2.25. The molecule has 1 aromatic rings. The van der Waals surface area contributed by atoms with Crippen LogP contribution in [0.25, 0.3) is 0 Å². The first-order valence-electron chi connectivity index (χ1n) is 6.28. The first-order valence-corrected chi connectivity index (χ1v) is 7.07. The lowest BCUT2D eigenvalue weighted by Gasteiger charge is -2.17. The van der Waals surface area contributed by atoms with Crippen LogP contribution < -0.4 is 4.74 Å². The molecule has 0 aliphatic carbocycles. The van der Waals surface area contributed by atoms with E-state index in [4.69, 9.17) is 4.74 Å². The van der Waals surface area contributed by atoms with Crippen LogP contribution in [0.3, 0.4) is 0 Å². The van der Waals surface area contributed by atoms with Crippen LogP contribution in [-0.2, 0) is 0 Å². The largest absolute Gasteiger partial charge is 0.496 e. The SMILES string of the molecule is CCC1CCN(C(=O)c2ccc(OC)c(Br)c2)C1. The van der Waals surface area contributed by atoms with Crippen LogP contribution in [-0.4, -0.2) is 31.0 Å². The maximum atomic E-state index is 12.3. The molecular formula is C14H18BrNO2. The Kier molecular flexibility index (Phi) is 4.27. The normalized spacial score (nSPS) is 19.1. The first-order chi connectivity index (χ1) is 8.65. The molecule has 1 heterocycles. The van der Waals surface area contributed by atoms with Crippen LogP contribution in [0.5, 0.6) is 5.75 Å². The molecule has 1 amide bonds. The van der Waals surface area contributed by atoms with E-state index < -0.39 is 0 Å². The van der Waals surface area contributed by atoms with Crippen molar-refractivity contribution in [1.82, 2.24) is 4.90 Å². The van der Waals surface area contributed by atoms with Crippen molar-refractivity contribution < 1.29 is 9.53 Å². The summed E-state index contributed by atoms with van der Waals surface area (Å²) < 4.78 is 5.99. The molecule has 1 aromatic carbocycles. The number of ether oxygens (including phenoxy) is 1. The van der Waals surface area contributed by atoms with Crippen molar-refractivity contribution in [3.63, 3.8) is 0 Å². The number of nitrogens with zero attached hydrogens (tertiary/aromatic N) is 1. The molecular weight excluding hydrogens is 294 g/mol. The Morgan fingerprint density at radius 3 is 2.89 bits per heavy atom. The van der Waals surface area contributed by atoms with Crippen LogP contribution in [0.4, 0.5) is 0 Å². The molecule has 98 valence electrons. The number of halogens is 1. The Morgan fingerprint density at radius 1 is 1.56 bits per heavy atom. The van der Waals surface area contributed by atoms with E-state index in [1.54, 1.807) is 7.11 Å². The maximum Gasteiger partial charge on any atom is 0.253 e. The second kappa shape index (κ2) is 5.74. The van der Waals surface area contributed by atoms with Crippen molar-refractivity contribution in [2.45, 2.75) is 19.8 Å². The minimum atomic E-state index is 0.120. The van der Waals surface area contributed by atoms with E-state index in [-0.39, 0.29) is 5.91 Å². The average molecular weight is 312 g/mol. The van der Waals surface area contributed by atoms with Crippen molar-refractivity contribution in [3.05, 3.63) is 28.2 Å². The highest BCUT2D eigenvalue weighted by molar-refractivity contribution is 9.10. The van der Waals surface area contributed by atoms with Gasteiger partial charge in [0.1, 0.15) is 5.75 Å². The molecule has 3 nitrogen and oxygen atoms in total. The van der Waals surface area contributed by atoms with Gasteiger partial charge in [0.15, 0.2) is 0 Å². The molecule has 1 unspecified atom stereocenters. The lowest BCUT2D eigenvalue weighted by atomic mass is 10.1. The van der Waals surface area contributed by atoms with E-state index in [1.165, 1.54) is 0 Å². The maximum absolute atomic E-state index is 12.3. The van der Waals surface area contributed by atoms with Gasteiger partial charge in [-0.2, -0.15) is 0 Å². The zero-order chi connectivity index (χ0) is 13.1. The predicted octanol–water partition coefficient (Wildman–Crippen LogP) is 3.33. The van der Waals surface area contributed by atoms with E-state index >= 15 is 0 Å². The van der Waals surface area contributed by atoms with E-state index in [9.17, 15) is 4.79 Å². The highest BCUT2D eigenvalue weighted by atomic mass is 79.9. The summed E-state index contributed by atoms with van der Waals surface area (Å²) in [7, 11) is 1.62. The highest BCUT2D eigenvalue weighted by Crippen LogP contribution is 2.27. The van der Waals surface area contributed by atoms with E-state index in [0.29, 0.717) is 5.92 Å². The summed E-state index contributed by atoms with van der Waals surface area (Å²) in [6.45, 7) is 3.95. The molecule has 18 heavy (non-hydrogen) atoms. The Hall–Kier alpha value is -1.03. The third kappa shape index (κ3) is 2.69. The van der Waals surface area contributed by atoms with Crippen molar-refractivity contribution >= 4 is 21.8 Å². The van der Waals surface area contributed by atoms with Crippen molar-refractivity contribution in [2.75, 3.05) is 20.2 Å². The number of hydrogen-bond donors (Lipinski definition) is 0. The molecule has 0 aromatic heterocycles. The molecule has 2 rings (SSSR count). The number of hydrogen-bond acceptors (Lipinski definition) is 2. The van der Waals surface area contributed by atoms with Gasteiger partial charge in [0.2, 0.25) is 0 Å². The number of carbonyl (C=O) groups is 1. The van der Waals surface area contributed by atoms with Crippen molar-refractivity contribution in [2.24, 2.45) is 5.92 Å². The third-order valence-corrected chi connectivity index (χ3v) is 4.17. The number of amides is 1. The predicted molar refractivity (Wildman–Crippen MR) is 75.0 cm³/mol. The Balaban J connectivity index is 2.12. The summed E-state index contributed by atoms with van der Waals surface area (Å²) in [5, 5.41) is 0. The van der Waals surface area contributed by atoms with Crippen LogP contribution in [0.2, 0.25) is 0 Å².